The number of hydrogen-bond donors (Lipinski definition) is 0. The Hall–Kier alpha value is -2.50. The first-order valence-electron chi connectivity index (χ1n) is 6.64. The first-order chi connectivity index (χ1) is 9.79. The van der Waals surface area contributed by atoms with Crippen molar-refractivity contribution < 1.29 is 0 Å². The number of pyridine rings is 1. The molecule has 0 aliphatic rings. The fourth-order valence-electron chi connectivity index (χ4n) is 2.23. The van der Waals surface area contributed by atoms with Crippen molar-refractivity contribution in [2.75, 3.05) is 0 Å². The Morgan fingerprint density at radius 2 is 1.90 bits per heavy atom. The van der Waals surface area contributed by atoms with Gasteiger partial charge in [-0.25, -0.2) is 4.98 Å². The highest BCUT2D eigenvalue weighted by Gasteiger charge is 2.10. The van der Waals surface area contributed by atoms with E-state index in [1.807, 2.05) is 29.9 Å². The molecule has 0 radical (unpaired) electrons. The Kier molecular flexibility index (Phi) is 3.28. The van der Waals surface area contributed by atoms with E-state index in [-0.39, 0.29) is 0 Å². The van der Waals surface area contributed by atoms with Gasteiger partial charge in [0.15, 0.2) is 0 Å². The lowest BCUT2D eigenvalue weighted by Gasteiger charge is -2.10. The van der Waals surface area contributed by atoms with E-state index >= 15 is 0 Å². The van der Waals surface area contributed by atoms with Gasteiger partial charge in [0.2, 0.25) is 0 Å². The van der Waals surface area contributed by atoms with Crippen molar-refractivity contribution in [3.63, 3.8) is 0 Å². The van der Waals surface area contributed by atoms with Crippen LogP contribution in [0.2, 0.25) is 0 Å². The number of hydrogen-bond acceptors (Lipinski definition) is 4. The van der Waals surface area contributed by atoms with Gasteiger partial charge in [0.25, 0.3) is 0 Å². The average molecular weight is 268 g/mol. The lowest BCUT2D eigenvalue weighted by Crippen LogP contribution is -2.03. The van der Waals surface area contributed by atoms with E-state index in [1.165, 1.54) is 0 Å². The molecular formula is C14H16N6. The van der Waals surface area contributed by atoms with Crippen LogP contribution in [0.5, 0.6) is 0 Å². The van der Waals surface area contributed by atoms with Crippen molar-refractivity contribution in [2.45, 2.75) is 26.8 Å². The molecule has 20 heavy (non-hydrogen) atoms. The molecule has 3 heterocycles. The number of aryl methyl sites for hydroxylation is 2. The zero-order chi connectivity index (χ0) is 13.9. The molecule has 0 amide bonds. The molecule has 0 fully saturated rings. The Morgan fingerprint density at radius 3 is 2.60 bits per heavy atom. The quantitative estimate of drug-likeness (QED) is 0.728. The smallest absolute Gasteiger partial charge is 0.139 e. The molecule has 0 atom stereocenters. The molecule has 0 bridgehead atoms. The third-order valence-electron chi connectivity index (χ3n) is 3.18. The third kappa shape index (κ3) is 2.20. The Morgan fingerprint density at radius 1 is 1.10 bits per heavy atom. The first-order valence-corrected chi connectivity index (χ1v) is 6.64. The highest BCUT2D eigenvalue weighted by molar-refractivity contribution is 5.62. The largest absolute Gasteiger partial charge is 0.272 e. The molecule has 6 heteroatoms. The maximum absolute atomic E-state index is 4.61. The lowest BCUT2D eigenvalue weighted by molar-refractivity contribution is 0.608. The zero-order valence-corrected chi connectivity index (χ0v) is 11.6. The van der Waals surface area contributed by atoms with Crippen LogP contribution in [0, 0.1) is 6.92 Å². The maximum Gasteiger partial charge on any atom is 0.139 e. The standard InChI is InChI=1S/C14H16N6/c1-3-8-20-13(6-7-17-20)12-4-5-14(18-11(12)2)19-9-15-16-10-19/h4-7,9-10H,3,8H2,1-2H3. The van der Waals surface area contributed by atoms with E-state index < -0.39 is 0 Å². The predicted molar refractivity (Wildman–Crippen MR) is 75.4 cm³/mol. The molecule has 0 saturated carbocycles. The van der Waals surface area contributed by atoms with Gasteiger partial charge in [-0.1, -0.05) is 6.92 Å². The summed E-state index contributed by atoms with van der Waals surface area (Å²) in [6.07, 6.45) is 6.17. The summed E-state index contributed by atoms with van der Waals surface area (Å²) in [5.74, 6) is 0.817. The zero-order valence-electron chi connectivity index (χ0n) is 11.6. The van der Waals surface area contributed by atoms with Crippen molar-refractivity contribution in [3.05, 3.63) is 42.7 Å². The van der Waals surface area contributed by atoms with Gasteiger partial charge < -0.3 is 0 Å². The molecule has 0 aliphatic carbocycles. The molecule has 0 aromatic carbocycles. The minimum Gasteiger partial charge on any atom is -0.272 e. The second kappa shape index (κ2) is 5.24. The summed E-state index contributed by atoms with van der Waals surface area (Å²) in [5, 5.41) is 12.0. The van der Waals surface area contributed by atoms with Gasteiger partial charge in [-0.15, -0.1) is 10.2 Å². The third-order valence-corrected chi connectivity index (χ3v) is 3.18. The summed E-state index contributed by atoms with van der Waals surface area (Å²) in [5.41, 5.74) is 3.17. The van der Waals surface area contributed by atoms with Crippen molar-refractivity contribution in [1.82, 2.24) is 29.5 Å². The highest BCUT2D eigenvalue weighted by Crippen LogP contribution is 2.23. The summed E-state index contributed by atoms with van der Waals surface area (Å²) >= 11 is 0. The van der Waals surface area contributed by atoms with Crippen LogP contribution in [-0.2, 0) is 6.54 Å². The average Bonchev–Trinajstić information content (AvgIpc) is 3.10. The summed E-state index contributed by atoms with van der Waals surface area (Å²) in [6.45, 7) is 5.06. The van der Waals surface area contributed by atoms with Crippen LogP contribution in [0.4, 0.5) is 0 Å². The number of nitrogens with zero attached hydrogens (tertiary/aromatic N) is 6. The van der Waals surface area contributed by atoms with Crippen LogP contribution in [0.25, 0.3) is 17.1 Å². The Bertz CT molecular complexity index is 698. The molecule has 6 nitrogen and oxygen atoms in total. The first kappa shape index (κ1) is 12.5. The minimum atomic E-state index is 0.817. The van der Waals surface area contributed by atoms with Gasteiger partial charge >= 0.3 is 0 Å². The molecule has 0 saturated heterocycles. The van der Waals surface area contributed by atoms with E-state index in [1.54, 1.807) is 17.2 Å². The van der Waals surface area contributed by atoms with Gasteiger partial charge in [0.05, 0.1) is 5.69 Å². The summed E-state index contributed by atoms with van der Waals surface area (Å²) in [6, 6.07) is 6.06. The normalized spacial score (nSPS) is 10.9. The summed E-state index contributed by atoms with van der Waals surface area (Å²) in [7, 11) is 0. The predicted octanol–water partition coefficient (Wildman–Crippen LogP) is 2.24. The molecule has 0 spiro atoms. The topological polar surface area (TPSA) is 61.4 Å². The van der Waals surface area contributed by atoms with Crippen molar-refractivity contribution in [2.24, 2.45) is 0 Å². The molecule has 0 unspecified atom stereocenters. The Balaban J connectivity index is 2.01. The van der Waals surface area contributed by atoms with Crippen LogP contribution in [0.3, 0.4) is 0 Å². The number of rotatable bonds is 4. The molecule has 3 aromatic rings. The van der Waals surface area contributed by atoms with Crippen LogP contribution in [0.1, 0.15) is 19.0 Å². The van der Waals surface area contributed by atoms with Gasteiger partial charge in [-0.05, 0) is 31.5 Å². The second-order valence-electron chi connectivity index (χ2n) is 4.61. The van der Waals surface area contributed by atoms with Crippen LogP contribution in [0.15, 0.2) is 37.1 Å². The lowest BCUT2D eigenvalue weighted by atomic mass is 10.1. The molecule has 3 rings (SSSR count). The van der Waals surface area contributed by atoms with Crippen molar-refractivity contribution in [1.29, 1.82) is 0 Å². The molecular weight excluding hydrogens is 252 g/mol. The molecule has 3 aromatic heterocycles. The van der Waals surface area contributed by atoms with E-state index in [0.29, 0.717) is 0 Å². The minimum absolute atomic E-state index is 0.817. The van der Waals surface area contributed by atoms with Gasteiger partial charge in [0, 0.05) is 24.0 Å². The Labute approximate surface area is 117 Å². The molecule has 0 N–H and O–H groups in total. The fraction of sp³-hybridized carbons (Fsp3) is 0.286. The monoisotopic (exact) mass is 268 g/mol. The van der Waals surface area contributed by atoms with Gasteiger partial charge in [-0.2, -0.15) is 5.10 Å². The van der Waals surface area contributed by atoms with E-state index in [0.717, 1.165) is 35.7 Å². The van der Waals surface area contributed by atoms with E-state index in [2.05, 4.69) is 33.3 Å². The fourth-order valence-corrected chi connectivity index (χ4v) is 2.23. The van der Waals surface area contributed by atoms with E-state index in [4.69, 9.17) is 0 Å². The SMILES string of the molecule is CCCn1nccc1-c1ccc(-n2cnnc2)nc1C. The van der Waals surface area contributed by atoms with E-state index in [9.17, 15) is 0 Å². The van der Waals surface area contributed by atoms with Gasteiger partial charge in [-0.3, -0.25) is 9.25 Å². The van der Waals surface area contributed by atoms with Crippen molar-refractivity contribution >= 4 is 0 Å². The molecule has 0 aliphatic heterocycles. The summed E-state index contributed by atoms with van der Waals surface area (Å²) in [4.78, 5) is 4.61. The van der Waals surface area contributed by atoms with Crippen LogP contribution < -0.4 is 0 Å². The van der Waals surface area contributed by atoms with Crippen LogP contribution >= 0.6 is 0 Å². The highest BCUT2D eigenvalue weighted by atomic mass is 15.3. The van der Waals surface area contributed by atoms with Crippen LogP contribution in [-0.4, -0.2) is 29.5 Å². The molecule has 102 valence electrons. The number of aromatic nitrogens is 6. The van der Waals surface area contributed by atoms with Gasteiger partial charge in [0.1, 0.15) is 18.5 Å². The van der Waals surface area contributed by atoms with Crippen molar-refractivity contribution in [3.8, 4) is 17.1 Å². The second-order valence-corrected chi connectivity index (χ2v) is 4.61. The maximum atomic E-state index is 4.61. The summed E-state index contributed by atoms with van der Waals surface area (Å²) < 4.78 is 3.81.